The largest absolute Gasteiger partial charge is 0.480 e. The minimum Gasteiger partial charge on any atom is -0.480 e. The number of guanidine groups is 1. The standard InChI is InChI=1S/C21H41N7O6/c1-5-8-13(26-18(31)15(22)12(4)29)17(30)28-16(11(3)6-2)19(32)27-14(20(33)34)9-7-10-25-21(23)24/h11-16,29H,5-10,22H2,1-4H3,(H,26,31)(H,27,32)(H,28,30)(H,33,34)(H4,23,24,25)/t11-,12+,13-,14-,15-,16-/m0/s1. The highest BCUT2D eigenvalue weighted by atomic mass is 16.4. The van der Waals surface area contributed by atoms with E-state index < -0.39 is 54.0 Å². The predicted octanol–water partition coefficient (Wildman–Crippen LogP) is -1.87. The summed E-state index contributed by atoms with van der Waals surface area (Å²) in [4.78, 5) is 53.5. The second kappa shape index (κ2) is 15.8. The first kappa shape index (κ1) is 31.1. The van der Waals surface area contributed by atoms with Crippen LogP contribution in [0, 0.1) is 5.92 Å². The third-order valence-corrected chi connectivity index (χ3v) is 5.39. The van der Waals surface area contributed by atoms with E-state index in [-0.39, 0.29) is 31.3 Å². The molecule has 13 heteroatoms. The molecular formula is C21H41N7O6. The third kappa shape index (κ3) is 11.3. The molecule has 0 aromatic rings. The van der Waals surface area contributed by atoms with Gasteiger partial charge in [-0.05, 0) is 32.1 Å². The fraction of sp³-hybridized carbons (Fsp3) is 0.762. The van der Waals surface area contributed by atoms with Crippen molar-refractivity contribution in [2.45, 2.75) is 90.1 Å². The maximum atomic E-state index is 12.9. The summed E-state index contributed by atoms with van der Waals surface area (Å²) in [6, 6.07) is -4.41. The van der Waals surface area contributed by atoms with Crippen molar-refractivity contribution in [2.24, 2.45) is 28.1 Å². The monoisotopic (exact) mass is 487 g/mol. The summed E-state index contributed by atoms with van der Waals surface area (Å²) >= 11 is 0. The van der Waals surface area contributed by atoms with E-state index in [2.05, 4.69) is 20.9 Å². The average molecular weight is 488 g/mol. The van der Waals surface area contributed by atoms with Crippen LogP contribution in [0.3, 0.4) is 0 Å². The lowest BCUT2D eigenvalue weighted by molar-refractivity contribution is -0.143. The Morgan fingerprint density at radius 2 is 1.50 bits per heavy atom. The fourth-order valence-corrected chi connectivity index (χ4v) is 3.02. The summed E-state index contributed by atoms with van der Waals surface area (Å²) in [5.74, 6) is -3.61. The number of nitrogens with one attached hydrogen (secondary N) is 3. The first-order chi connectivity index (χ1) is 15.8. The highest BCUT2D eigenvalue weighted by Gasteiger charge is 2.32. The molecule has 0 aromatic carbocycles. The van der Waals surface area contributed by atoms with E-state index in [1.807, 2.05) is 13.8 Å². The van der Waals surface area contributed by atoms with Gasteiger partial charge in [-0.2, -0.15) is 0 Å². The van der Waals surface area contributed by atoms with E-state index in [0.29, 0.717) is 19.3 Å². The first-order valence-electron chi connectivity index (χ1n) is 11.5. The summed E-state index contributed by atoms with van der Waals surface area (Å²) < 4.78 is 0. The maximum Gasteiger partial charge on any atom is 0.326 e. The molecule has 0 saturated heterocycles. The molecule has 0 fully saturated rings. The lowest BCUT2D eigenvalue weighted by atomic mass is 9.96. The minimum atomic E-state index is -1.23. The molecule has 0 bridgehead atoms. The Labute approximate surface area is 200 Å². The van der Waals surface area contributed by atoms with Crippen LogP contribution in [-0.2, 0) is 19.2 Å². The number of aliphatic carboxylic acids is 1. The molecule has 0 radical (unpaired) electrons. The van der Waals surface area contributed by atoms with Crippen molar-refractivity contribution in [2.75, 3.05) is 6.54 Å². The minimum absolute atomic E-state index is 0.0881. The zero-order chi connectivity index (χ0) is 26.4. The van der Waals surface area contributed by atoms with Gasteiger partial charge in [-0.3, -0.25) is 19.4 Å². The number of nitrogens with two attached hydrogens (primary N) is 3. The van der Waals surface area contributed by atoms with Crippen LogP contribution in [0.25, 0.3) is 0 Å². The van der Waals surface area contributed by atoms with E-state index in [0.717, 1.165) is 0 Å². The Hall–Kier alpha value is -2.93. The quantitative estimate of drug-likeness (QED) is 0.0690. The van der Waals surface area contributed by atoms with Crippen LogP contribution in [0.15, 0.2) is 4.99 Å². The van der Waals surface area contributed by atoms with E-state index >= 15 is 0 Å². The summed E-state index contributed by atoms with van der Waals surface area (Å²) in [6.45, 7) is 6.96. The summed E-state index contributed by atoms with van der Waals surface area (Å²) in [5, 5.41) is 26.6. The van der Waals surface area contributed by atoms with Gasteiger partial charge >= 0.3 is 5.97 Å². The molecular weight excluding hydrogens is 446 g/mol. The highest BCUT2D eigenvalue weighted by Crippen LogP contribution is 2.11. The fourth-order valence-electron chi connectivity index (χ4n) is 3.02. The number of carboxylic acids is 1. The molecule has 11 N–H and O–H groups in total. The third-order valence-electron chi connectivity index (χ3n) is 5.39. The summed E-state index contributed by atoms with van der Waals surface area (Å²) in [6.07, 6.45) is 0.664. The van der Waals surface area contributed by atoms with Gasteiger partial charge in [0.1, 0.15) is 24.2 Å². The number of aliphatic imine (C=N–C) groups is 1. The number of carbonyl (C=O) groups excluding carboxylic acids is 3. The molecule has 0 rings (SSSR count). The first-order valence-corrected chi connectivity index (χ1v) is 11.5. The van der Waals surface area contributed by atoms with E-state index in [4.69, 9.17) is 17.2 Å². The lowest BCUT2D eigenvalue weighted by Gasteiger charge is -2.28. The van der Waals surface area contributed by atoms with Gasteiger partial charge in [-0.1, -0.05) is 33.6 Å². The van der Waals surface area contributed by atoms with Crippen LogP contribution in [0.1, 0.15) is 59.8 Å². The molecule has 0 spiro atoms. The second-order valence-electron chi connectivity index (χ2n) is 8.34. The molecule has 0 aromatic heterocycles. The molecule has 0 aliphatic rings. The van der Waals surface area contributed by atoms with Crippen molar-refractivity contribution in [1.29, 1.82) is 0 Å². The molecule has 0 aliphatic heterocycles. The molecule has 0 heterocycles. The van der Waals surface area contributed by atoms with Gasteiger partial charge in [-0.25, -0.2) is 4.79 Å². The number of carboxylic acid groups (broad SMARTS) is 1. The van der Waals surface area contributed by atoms with Gasteiger partial charge in [0.05, 0.1) is 6.10 Å². The molecule has 0 aliphatic carbocycles. The molecule has 0 saturated carbocycles. The molecule has 196 valence electrons. The Morgan fingerprint density at radius 3 is 1.97 bits per heavy atom. The van der Waals surface area contributed by atoms with E-state index in [1.165, 1.54) is 6.92 Å². The van der Waals surface area contributed by atoms with Gasteiger partial charge in [-0.15, -0.1) is 0 Å². The molecule has 13 nitrogen and oxygen atoms in total. The number of nitrogens with zero attached hydrogens (tertiary/aromatic N) is 1. The van der Waals surface area contributed by atoms with Crippen LogP contribution >= 0.6 is 0 Å². The van der Waals surface area contributed by atoms with Crippen LogP contribution in [-0.4, -0.2) is 76.7 Å². The molecule has 6 atom stereocenters. The average Bonchev–Trinajstić information content (AvgIpc) is 2.77. The highest BCUT2D eigenvalue weighted by molar-refractivity contribution is 5.94. The normalized spacial score (nSPS) is 16.2. The van der Waals surface area contributed by atoms with Crippen LogP contribution in [0.2, 0.25) is 0 Å². The zero-order valence-electron chi connectivity index (χ0n) is 20.4. The Bertz CT molecular complexity index is 712. The number of aliphatic hydroxyl groups is 1. The van der Waals surface area contributed by atoms with Crippen LogP contribution < -0.4 is 33.2 Å². The van der Waals surface area contributed by atoms with Gasteiger partial charge in [0.25, 0.3) is 0 Å². The number of rotatable bonds is 16. The number of aliphatic hydroxyl groups excluding tert-OH is 1. The number of hydrogen-bond donors (Lipinski definition) is 8. The van der Waals surface area contributed by atoms with Gasteiger partial charge in [0, 0.05) is 6.54 Å². The zero-order valence-corrected chi connectivity index (χ0v) is 20.4. The van der Waals surface area contributed by atoms with Gasteiger partial charge < -0.3 is 43.4 Å². The second-order valence-corrected chi connectivity index (χ2v) is 8.34. The summed E-state index contributed by atoms with van der Waals surface area (Å²) in [7, 11) is 0. The Morgan fingerprint density at radius 1 is 0.912 bits per heavy atom. The van der Waals surface area contributed by atoms with E-state index in [9.17, 15) is 29.4 Å². The summed E-state index contributed by atoms with van der Waals surface area (Å²) in [5.41, 5.74) is 16.1. The predicted molar refractivity (Wildman–Crippen MR) is 127 cm³/mol. The molecule has 34 heavy (non-hydrogen) atoms. The SMILES string of the molecule is CCC[C@H](NC(=O)[C@@H](N)[C@@H](C)O)C(=O)N[C@H](C(=O)N[C@@H](CCCN=C(N)N)C(=O)O)[C@@H](C)CC. The topological polar surface area (TPSA) is 235 Å². The maximum absolute atomic E-state index is 12.9. The van der Waals surface area contributed by atoms with Crippen molar-refractivity contribution < 1.29 is 29.4 Å². The number of hydrogen-bond acceptors (Lipinski definition) is 7. The van der Waals surface area contributed by atoms with Crippen LogP contribution in [0.5, 0.6) is 0 Å². The van der Waals surface area contributed by atoms with Crippen molar-refractivity contribution in [1.82, 2.24) is 16.0 Å². The van der Waals surface area contributed by atoms with Gasteiger partial charge in [0.2, 0.25) is 17.7 Å². The molecule has 3 amide bonds. The van der Waals surface area contributed by atoms with Crippen molar-refractivity contribution in [3.63, 3.8) is 0 Å². The van der Waals surface area contributed by atoms with Crippen molar-refractivity contribution in [3.8, 4) is 0 Å². The lowest BCUT2D eigenvalue weighted by Crippen LogP contribution is -2.59. The van der Waals surface area contributed by atoms with Crippen LogP contribution in [0.4, 0.5) is 0 Å². The Kier molecular flexibility index (Phi) is 14.5. The smallest absolute Gasteiger partial charge is 0.326 e. The van der Waals surface area contributed by atoms with E-state index in [1.54, 1.807) is 6.92 Å². The number of amides is 3. The van der Waals surface area contributed by atoms with Crippen molar-refractivity contribution >= 4 is 29.7 Å². The van der Waals surface area contributed by atoms with Gasteiger partial charge in [0.15, 0.2) is 5.96 Å². The van der Waals surface area contributed by atoms with Crippen molar-refractivity contribution in [3.05, 3.63) is 0 Å². The molecule has 0 unspecified atom stereocenters. The number of carbonyl (C=O) groups is 4. The Balaban J connectivity index is 5.40.